The Bertz CT molecular complexity index is 1000. The van der Waals surface area contributed by atoms with E-state index in [4.69, 9.17) is 4.99 Å². The van der Waals surface area contributed by atoms with Gasteiger partial charge in [-0.2, -0.15) is 0 Å². The van der Waals surface area contributed by atoms with Gasteiger partial charge in [0.05, 0.1) is 0 Å². The van der Waals surface area contributed by atoms with E-state index in [1.54, 1.807) is 6.07 Å². The van der Waals surface area contributed by atoms with Crippen LogP contribution in [0.15, 0.2) is 64.1 Å². The van der Waals surface area contributed by atoms with Gasteiger partial charge in [-0.3, -0.25) is 4.99 Å². The molecule has 0 aromatic heterocycles. The molecule has 1 unspecified atom stereocenters. The zero-order valence-corrected chi connectivity index (χ0v) is 16.9. The minimum atomic E-state index is -0.330. The second-order valence-electron chi connectivity index (χ2n) is 6.52. The molecule has 4 rings (SSSR count). The topological polar surface area (TPSA) is 15.6 Å². The SMILES string of the molecule is CN(C)C1=NC(c2ccccc2F)c2cc3ccccc3c(Br)c2C1.Cl. The standard InChI is InChI=1S/C21H18BrFN2.ClH/c1-25(2)19-12-16-17(11-13-7-3-4-8-14(13)20(16)22)21(24-19)15-9-5-6-10-18(15)23;/h3-11,21H,12H2,1-2H3;1H. The maximum absolute atomic E-state index is 14.5. The zero-order chi connectivity index (χ0) is 17.6. The van der Waals surface area contributed by atoms with E-state index >= 15 is 0 Å². The summed E-state index contributed by atoms with van der Waals surface area (Å²) in [6, 6.07) is 17.0. The number of hydrogen-bond acceptors (Lipinski definition) is 2. The highest BCUT2D eigenvalue weighted by molar-refractivity contribution is 9.10. The summed E-state index contributed by atoms with van der Waals surface area (Å²) in [5.74, 6) is 0.739. The normalized spacial score (nSPS) is 15.8. The molecular formula is C21H19BrClFN2. The molecule has 0 radical (unpaired) electrons. The molecule has 1 atom stereocenters. The van der Waals surface area contributed by atoms with Gasteiger partial charge in [0, 0.05) is 30.6 Å². The Hall–Kier alpha value is -1.91. The molecule has 0 N–H and O–H groups in total. The first-order valence-electron chi connectivity index (χ1n) is 8.24. The minimum absolute atomic E-state index is 0. The molecular weight excluding hydrogens is 415 g/mol. The van der Waals surface area contributed by atoms with E-state index in [0.29, 0.717) is 5.56 Å². The molecule has 1 aliphatic rings. The van der Waals surface area contributed by atoms with Gasteiger partial charge < -0.3 is 4.90 Å². The molecule has 134 valence electrons. The molecule has 0 bridgehead atoms. The lowest BCUT2D eigenvalue weighted by Gasteiger charge is -2.29. The molecule has 3 aromatic rings. The van der Waals surface area contributed by atoms with Crippen molar-refractivity contribution in [1.82, 2.24) is 4.90 Å². The van der Waals surface area contributed by atoms with E-state index in [0.717, 1.165) is 27.7 Å². The highest BCUT2D eigenvalue weighted by Crippen LogP contribution is 2.41. The molecule has 2 nitrogen and oxygen atoms in total. The van der Waals surface area contributed by atoms with Crippen molar-refractivity contribution in [2.24, 2.45) is 4.99 Å². The predicted molar refractivity (Wildman–Crippen MR) is 112 cm³/mol. The van der Waals surface area contributed by atoms with Gasteiger partial charge in [0.1, 0.15) is 17.7 Å². The fourth-order valence-corrected chi connectivity index (χ4v) is 4.15. The Balaban J connectivity index is 0.00000196. The van der Waals surface area contributed by atoms with Crippen LogP contribution in [0.5, 0.6) is 0 Å². The van der Waals surface area contributed by atoms with Gasteiger partial charge in [0.2, 0.25) is 0 Å². The fraction of sp³-hybridized carbons (Fsp3) is 0.190. The molecule has 1 heterocycles. The molecule has 0 amide bonds. The Morgan fingerprint density at radius 1 is 1.04 bits per heavy atom. The van der Waals surface area contributed by atoms with Crippen molar-refractivity contribution in [2.75, 3.05) is 14.1 Å². The second-order valence-corrected chi connectivity index (χ2v) is 7.31. The number of nitrogens with zero attached hydrogens (tertiary/aromatic N) is 2. The summed E-state index contributed by atoms with van der Waals surface area (Å²) < 4.78 is 15.6. The second kappa shape index (κ2) is 7.37. The van der Waals surface area contributed by atoms with Crippen LogP contribution >= 0.6 is 28.3 Å². The summed E-state index contributed by atoms with van der Waals surface area (Å²) in [4.78, 5) is 6.90. The number of benzene rings is 3. The number of likely N-dealkylation sites (N-methyl/N-ethyl adjacent to an activating group) is 1. The van der Waals surface area contributed by atoms with E-state index in [2.05, 4.69) is 34.1 Å². The molecule has 0 spiro atoms. The molecule has 0 saturated heterocycles. The summed E-state index contributed by atoms with van der Waals surface area (Å²) in [5, 5.41) is 2.31. The lowest BCUT2D eigenvalue weighted by atomic mass is 9.88. The van der Waals surface area contributed by atoms with Gasteiger partial charge in [0.25, 0.3) is 0 Å². The number of aliphatic imine (C=N–C) groups is 1. The number of hydrogen-bond donors (Lipinski definition) is 0. The lowest BCUT2D eigenvalue weighted by molar-refractivity contribution is 0.574. The molecule has 0 fully saturated rings. The van der Waals surface area contributed by atoms with Gasteiger partial charge in [-0.15, -0.1) is 12.4 Å². The van der Waals surface area contributed by atoms with Crippen molar-refractivity contribution < 1.29 is 4.39 Å². The van der Waals surface area contributed by atoms with Crippen LogP contribution in [0.25, 0.3) is 10.8 Å². The van der Waals surface area contributed by atoms with E-state index in [1.165, 1.54) is 17.0 Å². The quantitative estimate of drug-likeness (QED) is 0.476. The summed E-state index contributed by atoms with van der Waals surface area (Å²) in [6.07, 6.45) is 0.735. The van der Waals surface area contributed by atoms with E-state index in [9.17, 15) is 4.39 Å². The molecule has 5 heteroatoms. The van der Waals surface area contributed by atoms with Crippen LogP contribution in [0, 0.1) is 5.82 Å². The fourth-order valence-electron chi connectivity index (χ4n) is 3.42. The van der Waals surface area contributed by atoms with Crippen molar-refractivity contribution in [3.63, 3.8) is 0 Å². The maximum Gasteiger partial charge on any atom is 0.128 e. The highest BCUT2D eigenvalue weighted by atomic mass is 79.9. The molecule has 0 aliphatic carbocycles. The molecule has 0 saturated carbocycles. The van der Waals surface area contributed by atoms with Crippen molar-refractivity contribution in [2.45, 2.75) is 12.5 Å². The maximum atomic E-state index is 14.5. The predicted octanol–water partition coefficient (Wildman–Crippen LogP) is 5.77. The summed E-state index contributed by atoms with van der Waals surface area (Å²) in [5.41, 5.74) is 2.87. The Kier molecular flexibility index (Phi) is 5.35. The molecule has 26 heavy (non-hydrogen) atoms. The highest BCUT2D eigenvalue weighted by Gasteiger charge is 2.28. The smallest absolute Gasteiger partial charge is 0.128 e. The third kappa shape index (κ3) is 3.12. The van der Waals surface area contributed by atoms with Crippen LogP contribution in [0.3, 0.4) is 0 Å². The molecule has 1 aliphatic heterocycles. The van der Waals surface area contributed by atoms with Crippen LogP contribution in [0.1, 0.15) is 22.7 Å². The van der Waals surface area contributed by atoms with Gasteiger partial charge in [-0.25, -0.2) is 4.39 Å². The van der Waals surface area contributed by atoms with Crippen LogP contribution in [0.4, 0.5) is 4.39 Å². The Morgan fingerprint density at radius 2 is 1.73 bits per heavy atom. The van der Waals surface area contributed by atoms with Crippen molar-refractivity contribution in [3.8, 4) is 0 Å². The van der Waals surface area contributed by atoms with Crippen molar-refractivity contribution >= 4 is 44.9 Å². The van der Waals surface area contributed by atoms with Crippen LogP contribution in [0.2, 0.25) is 0 Å². The Morgan fingerprint density at radius 3 is 2.46 bits per heavy atom. The first-order chi connectivity index (χ1) is 12.1. The van der Waals surface area contributed by atoms with Crippen molar-refractivity contribution in [1.29, 1.82) is 0 Å². The van der Waals surface area contributed by atoms with E-state index in [1.807, 2.05) is 43.3 Å². The number of rotatable bonds is 1. The third-order valence-corrected chi connectivity index (χ3v) is 5.65. The third-order valence-electron chi connectivity index (χ3n) is 4.75. The van der Waals surface area contributed by atoms with E-state index < -0.39 is 0 Å². The monoisotopic (exact) mass is 432 g/mol. The minimum Gasteiger partial charge on any atom is -0.366 e. The number of halogens is 3. The van der Waals surface area contributed by atoms with Crippen LogP contribution in [-0.2, 0) is 6.42 Å². The number of amidine groups is 1. The Labute approximate surface area is 167 Å². The zero-order valence-electron chi connectivity index (χ0n) is 14.5. The van der Waals surface area contributed by atoms with Gasteiger partial charge >= 0.3 is 0 Å². The van der Waals surface area contributed by atoms with Crippen molar-refractivity contribution in [3.05, 3.63) is 81.6 Å². The van der Waals surface area contributed by atoms with Gasteiger partial charge in [0.15, 0.2) is 0 Å². The molecule has 3 aromatic carbocycles. The number of fused-ring (bicyclic) bond motifs is 2. The average molecular weight is 434 g/mol. The summed E-state index contributed by atoms with van der Waals surface area (Å²) in [7, 11) is 3.97. The van der Waals surface area contributed by atoms with Gasteiger partial charge in [-0.1, -0.05) is 42.5 Å². The average Bonchev–Trinajstić information content (AvgIpc) is 2.62. The van der Waals surface area contributed by atoms with Gasteiger partial charge in [-0.05, 0) is 50.0 Å². The summed E-state index contributed by atoms with van der Waals surface area (Å²) in [6.45, 7) is 0. The van der Waals surface area contributed by atoms with Crippen LogP contribution in [-0.4, -0.2) is 24.8 Å². The first kappa shape index (κ1) is 18.9. The first-order valence-corrected chi connectivity index (χ1v) is 9.04. The van der Waals surface area contributed by atoms with E-state index in [-0.39, 0.29) is 24.3 Å². The lowest BCUT2D eigenvalue weighted by Crippen LogP contribution is -2.29. The largest absolute Gasteiger partial charge is 0.366 e. The van der Waals surface area contributed by atoms with Crippen LogP contribution < -0.4 is 0 Å². The summed E-state index contributed by atoms with van der Waals surface area (Å²) >= 11 is 3.80.